The minimum atomic E-state index is 0.311. The maximum Gasteiger partial charge on any atom is 0.133 e. The Bertz CT molecular complexity index is 136. The van der Waals surface area contributed by atoms with Gasteiger partial charge in [-0.05, 0) is 25.2 Å². The van der Waals surface area contributed by atoms with Gasteiger partial charge < -0.3 is 0 Å². The van der Waals surface area contributed by atoms with E-state index in [4.69, 9.17) is 0 Å². The van der Waals surface area contributed by atoms with Crippen molar-refractivity contribution in [1.82, 2.24) is 0 Å². The summed E-state index contributed by atoms with van der Waals surface area (Å²) in [5.74, 6) is 0.726. The molecule has 1 heteroatoms. The summed E-state index contributed by atoms with van der Waals surface area (Å²) in [5.41, 5.74) is 0.311. The summed E-state index contributed by atoms with van der Waals surface area (Å²) < 4.78 is 0. The van der Waals surface area contributed by atoms with Crippen LogP contribution in [-0.2, 0) is 4.79 Å². The molecule has 0 saturated heterocycles. The molecule has 0 aromatic heterocycles. The van der Waals surface area contributed by atoms with Crippen molar-refractivity contribution < 1.29 is 4.79 Å². The summed E-state index contributed by atoms with van der Waals surface area (Å²) >= 11 is 0. The highest BCUT2D eigenvalue weighted by molar-refractivity contribution is 5.80. The molecular weight excluding hydrogens is 112 g/mol. The number of Topliss-reactive ketones (excluding diaryl/α,β-unsaturated/α-hetero) is 1. The molecule has 0 heterocycles. The standard InChI is InChI=1S/C8H14O/c1-6(9)7-4-5-8(7,2)3/h7H,4-5H2,1-3H3/t7-/m1/s1. The number of hydrogen-bond acceptors (Lipinski definition) is 1. The van der Waals surface area contributed by atoms with Crippen LogP contribution >= 0.6 is 0 Å². The second-order valence-electron chi connectivity index (χ2n) is 3.69. The molecule has 1 aliphatic rings. The number of hydrogen-bond donors (Lipinski definition) is 0. The first-order valence-corrected chi connectivity index (χ1v) is 3.54. The van der Waals surface area contributed by atoms with E-state index in [9.17, 15) is 4.79 Å². The minimum absolute atomic E-state index is 0.311. The molecule has 1 saturated carbocycles. The van der Waals surface area contributed by atoms with Crippen LogP contribution in [0.5, 0.6) is 0 Å². The van der Waals surface area contributed by atoms with Gasteiger partial charge in [0.15, 0.2) is 0 Å². The number of carbonyl (C=O) groups is 1. The van der Waals surface area contributed by atoms with Gasteiger partial charge in [0.05, 0.1) is 0 Å². The van der Waals surface area contributed by atoms with Crippen LogP contribution in [0.25, 0.3) is 0 Å². The summed E-state index contributed by atoms with van der Waals surface area (Å²) in [6.07, 6.45) is 2.33. The van der Waals surface area contributed by atoms with Crippen LogP contribution in [0.4, 0.5) is 0 Å². The SMILES string of the molecule is CC(=O)[C@H]1CCC1(C)C. The molecule has 52 valence electrons. The monoisotopic (exact) mass is 126 g/mol. The van der Waals surface area contributed by atoms with Crippen LogP contribution in [0, 0.1) is 11.3 Å². The van der Waals surface area contributed by atoms with Crippen LogP contribution in [-0.4, -0.2) is 5.78 Å². The predicted molar refractivity (Wildman–Crippen MR) is 37.2 cm³/mol. The van der Waals surface area contributed by atoms with Gasteiger partial charge in [-0.1, -0.05) is 13.8 Å². The summed E-state index contributed by atoms with van der Waals surface area (Å²) in [6, 6.07) is 0. The lowest BCUT2D eigenvalue weighted by atomic mass is 9.61. The lowest BCUT2D eigenvalue weighted by molar-refractivity contribution is -0.129. The largest absolute Gasteiger partial charge is 0.300 e. The molecule has 0 spiro atoms. The molecule has 1 fully saturated rings. The van der Waals surface area contributed by atoms with Crippen molar-refractivity contribution >= 4 is 5.78 Å². The summed E-state index contributed by atoms with van der Waals surface area (Å²) in [5, 5.41) is 0. The molecule has 0 amide bonds. The van der Waals surface area contributed by atoms with Gasteiger partial charge in [-0.15, -0.1) is 0 Å². The second-order valence-corrected chi connectivity index (χ2v) is 3.69. The first kappa shape index (κ1) is 6.79. The van der Waals surface area contributed by atoms with E-state index in [0.717, 1.165) is 6.42 Å². The lowest BCUT2D eigenvalue weighted by Gasteiger charge is -2.42. The zero-order valence-electron chi connectivity index (χ0n) is 6.40. The molecule has 0 aromatic carbocycles. The van der Waals surface area contributed by atoms with Gasteiger partial charge in [-0.25, -0.2) is 0 Å². The molecule has 0 aromatic rings. The third-order valence-corrected chi connectivity index (χ3v) is 2.51. The lowest BCUT2D eigenvalue weighted by Crippen LogP contribution is -2.38. The fraction of sp³-hybridized carbons (Fsp3) is 0.875. The van der Waals surface area contributed by atoms with Gasteiger partial charge in [0, 0.05) is 5.92 Å². The van der Waals surface area contributed by atoms with Gasteiger partial charge in [0.25, 0.3) is 0 Å². The van der Waals surface area contributed by atoms with Crippen molar-refractivity contribution in [2.24, 2.45) is 11.3 Å². The van der Waals surface area contributed by atoms with Crippen molar-refractivity contribution in [3.8, 4) is 0 Å². The van der Waals surface area contributed by atoms with Crippen LogP contribution in [0.1, 0.15) is 33.6 Å². The van der Waals surface area contributed by atoms with E-state index in [0.29, 0.717) is 17.1 Å². The van der Waals surface area contributed by atoms with E-state index in [1.54, 1.807) is 6.92 Å². The highest BCUT2D eigenvalue weighted by Gasteiger charge is 2.40. The van der Waals surface area contributed by atoms with Crippen molar-refractivity contribution in [3.05, 3.63) is 0 Å². The molecule has 1 aliphatic carbocycles. The molecule has 1 rings (SSSR count). The molecule has 9 heavy (non-hydrogen) atoms. The van der Waals surface area contributed by atoms with E-state index in [1.165, 1.54) is 6.42 Å². The Morgan fingerprint density at radius 2 is 2.11 bits per heavy atom. The molecular formula is C8H14O. The molecule has 0 bridgehead atoms. The van der Waals surface area contributed by atoms with E-state index in [-0.39, 0.29) is 0 Å². The minimum Gasteiger partial charge on any atom is -0.300 e. The van der Waals surface area contributed by atoms with Crippen LogP contribution in [0.3, 0.4) is 0 Å². The molecule has 0 N–H and O–H groups in total. The topological polar surface area (TPSA) is 17.1 Å². The fourth-order valence-corrected chi connectivity index (χ4v) is 1.62. The highest BCUT2D eigenvalue weighted by atomic mass is 16.1. The van der Waals surface area contributed by atoms with Gasteiger partial charge in [0.2, 0.25) is 0 Å². The van der Waals surface area contributed by atoms with Crippen molar-refractivity contribution in [1.29, 1.82) is 0 Å². The molecule has 0 aliphatic heterocycles. The Morgan fingerprint density at radius 3 is 2.11 bits per heavy atom. The third-order valence-electron chi connectivity index (χ3n) is 2.51. The normalized spacial score (nSPS) is 31.2. The first-order valence-electron chi connectivity index (χ1n) is 3.54. The smallest absolute Gasteiger partial charge is 0.133 e. The molecule has 1 atom stereocenters. The summed E-state index contributed by atoms with van der Waals surface area (Å²) in [4.78, 5) is 10.8. The summed E-state index contributed by atoms with van der Waals surface area (Å²) in [6.45, 7) is 6.04. The van der Waals surface area contributed by atoms with Crippen LogP contribution in [0.15, 0.2) is 0 Å². The zero-order valence-corrected chi connectivity index (χ0v) is 6.40. The number of carbonyl (C=O) groups excluding carboxylic acids is 1. The molecule has 1 nitrogen and oxygen atoms in total. The summed E-state index contributed by atoms with van der Waals surface area (Å²) in [7, 11) is 0. The van der Waals surface area contributed by atoms with Gasteiger partial charge in [-0.2, -0.15) is 0 Å². The van der Waals surface area contributed by atoms with E-state index in [2.05, 4.69) is 13.8 Å². The second kappa shape index (κ2) is 1.83. The van der Waals surface area contributed by atoms with Gasteiger partial charge in [-0.3, -0.25) is 4.79 Å². The molecule has 0 unspecified atom stereocenters. The fourth-order valence-electron chi connectivity index (χ4n) is 1.62. The quantitative estimate of drug-likeness (QED) is 0.525. The zero-order chi connectivity index (χ0) is 7.07. The average molecular weight is 126 g/mol. The highest BCUT2D eigenvalue weighted by Crippen LogP contribution is 2.46. The van der Waals surface area contributed by atoms with Crippen molar-refractivity contribution in [2.75, 3.05) is 0 Å². The van der Waals surface area contributed by atoms with Crippen molar-refractivity contribution in [2.45, 2.75) is 33.6 Å². The Balaban J connectivity index is 2.55. The Labute approximate surface area is 56.4 Å². The van der Waals surface area contributed by atoms with E-state index in [1.807, 2.05) is 0 Å². The van der Waals surface area contributed by atoms with Crippen molar-refractivity contribution in [3.63, 3.8) is 0 Å². The Kier molecular flexibility index (Phi) is 1.38. The van der Waals surface area contributed by atoms with Crippen LogP contribution < -0.4 is 0 Å². The molecule has 0 radical (unpaired) electrons. The Morgan fingerprint density at radius 1 is 1.56 bits per heavy atom. The van der Waals surface area contributed by atoms with Crippen LogP contribution in [0.2, 0.25) is 0 Å². The van der Waals surface area contributed by atoms with Gasteiger partial charge >= 0.3 is 0 Å². The maximum atomic E-state index is 10.8. The first-order chi connectivity index (χ1) is 4.04. The number of rotatable bonds is 1. The third kappa shape index (κ3) is 1.00. The van der Waals surface area contributed by atoms with Gasteiger partial charge in [0.1, 0.15) is 5.78 Å². The maximum absolute atomic E-state index is 10.8. The average Bonchev–Trinajstić information content (AvgIpc) is 1.62. The van der Waals surface area contributed by atoms with E-state index < -0.39 is 0 Å². The Hall–Kier alpha value is -0.330. The predicted octanol–water partition coefficient (Wildman–Crippen LogP) is 2.01. The van der Waals surface area contributed by atoms with E-state index >= 15 is 0 Å². The number of ketones is 1.